The Balaban J connectivity index is 1.01. The number of anilines is 6. The summed E-state index contributed by atoms with van der Waals surface area (Å²) >= 11 is 0. The molecule has 0 atom stereocenters. The van der Waals surface area contributed by atoms with E-state index in [1.54, 1.807) is 0 Å². The number of benzene rings is 12. The highest BCUT2D eigenvalue weighted by Gasteiger charge is 2.29. The summed E-state index contributed by atoms with van der Waals surface area (Å²) in [6.45, 7) is 27.5. The van der Waals surface area contributed by atoms with Gasteiger partial charge in [-0.25, -0.2) is 15.0 Å². The Labute approximate surface area is 577 Å². The monoisotopic (exact) mass is 1270 g/mol. The van der Waals surface area contributed by atoms with Gasteiger partial charge in [0, 0.05) is 77.9 Å². The first kappa shape index (κ1) is 62.9. The molecule has 15 aromatic rings. The standard InChI is InChI=1S/C91H83N7/c1-88(2,3)63-51-61(52-64(56-63)89(4,5)6)85-92-86(62-53-65(90(7,8)9)57-66(54-62)91(10,11)12)94-87(93-85)78-55-60(45-48-84(78)98-81-44-30-27-41-75(81)77-59-72(47-50-83(77)98)96(69-35-21-15-22-36-69)70-37-23-16-24-38-70)73-39-25-28-42-79(73)97-80-43-29-26-40-74(80)76-58-71(46-49-82(76)97)95(67-31-17-13-18-32-67)68-33-19-14-20-34-68/h13-59H,1-12H3. The van der Waals surface area contributed by atoms with Crippen LogP contribution >= 0.6 is 0 Å². The number of hydrogen-bond acceptors (Lipinski definition) is 5. The maximum Gasteiger partial charge on any atom is 0.166 e. The molecule has 482 valence electrons. The van der Waals surface area contributed by atoms with E-state index < -0.39 is 0 Å². The molecule has 0 N–H and O–H groups in total. The molecule has 0 bridgehead atoms. The van der Waals surface area contributed by atoms with Gasteiger partial charge in [-0.15, -0.1) is 0 Å². The van der Waals surface area contributed by atoms with Crippen molar-refractivity contribution in [2.24, 2.45) is 0 Å². The molecule has 98 heavy (non-hydrogen) atoms. The van der Waals surface area contributed by atoms with Gasteiger partial charge in [0.2, 0.25) is 0 Å². The van der Waals surface area contributed by atoms with Crippen LogP contribution in [-0.2, 0) is 21.7 Å². The van der Waals surface area contributed by atoms with E-state index in [0.717, 1.165) is 112 Å². The lowest BCUT2D eigenvalue weighted by Crippen LogP contribution is -2.17. The highest BCUT2D eigenvalue weighted by atomic mass is 15.2. The summed E-state index contributed by atoms with van der Waals surface area (Å²) in [6.07, 6.45) is 0. The van der Waals surface area contributed by atoms with Crippen molar-refractivity contribution in [3.8, 4) is 56.7 Å². The minimum absolute atomic E-state index is 0.162. The Hall–Kier alpha value is -11.2. The van der Waals surface area contributed by atoms with E-state index in [4.69, 9.17) is 15.0 Å². The van der Waals surface area contributed by atoms with E-state index in [0.29, 0.717) is 17.5 Å². The predicted molar refractivity (Wildman–Crippen MR) is 414 cm³/mol. The number of para-hydroxylation sites is 7. The van der Waals surface area contributed by atoms with Crippen LogP contribution < -0.4 is 9.80 Å². The lowest BCUT2D eigenvalue weighted by Gasteiger charge is -2.26. The molecular formula is C91H83N7. The van der Waals surface area contributed by atoms with Gasteiger partial charge < -0.3 is 18.9 Å². The topological polar surface area (TPSA) is 55.0 Å². The fourth-order valence-corrected chi connectivity index (χ4v) is 13.9. The second kappa shape index (κ2) is 24.5. The van der Waals surface area contributed by atoms with E-state index >= 15 is 0 Å². The van der Waals surface area contributed by atoms with E-state index in [1.165, 1.54) is 27.6 Å². The first-order chi connectivity index (χ1) is 47.1. The van der Waals surface area contributed by atoms with Crippen LogP contribution in [0.15, 0.2) is 285 Å². The zero-order valence-corrected chi connectivity index (χ0v) is 58.3. The number of fused-ring (bicyclic) bond motifs is 6. The van der Waals surface area contributed by atoms with Crippen molar-refractivity contribution in [3.63, 3.8) is 0 Å². The first-order valence-electron chi connectivity index (χ1n) is 34.3. The van der Waals surface area contributed by atoms with E-state index in [1.807, 2.05) is 0 Å². The predicted octanol–water partition coefficient (Wildman–Crippen LogP) is 24.9. The first-order valence-corrected chi connectivity index (χ1v) is 34.3. The molecular weight excluding hydrogens is 1190 g/mol. The highest BCUT2D eigenvalue weighted by molar-refractivity contribution is 6.13. The van der Waals surface area contributed by atoms with Gasteiger partial charge in [-0.05, 0) is 189 Å². The van der Waals surface area contributed by atoms with Crippen LogP contribution in [0.2, 0.25) is 0 Å². The Bertz CT molecular complexity index is 5240. The van der Waals surface area contributed by atoms with Crippen LogP contribution in [0.1, 0.15) is 105 Å². The van der Waals surface area contributed by atoms with Crippen LogP contribution in [0.5, 0.6) is 0 Å². The van der Waals surface area contributed by atoms with E-state index in [2.05, 4.69) is 387 Å². The van der Waals surface area contributed by atoms with Crippen molar-refractivity contribution >= 4 is 77.7 Å². The third kappa shape index (κ3) is 11.8. The fourth-order valence-electron chi connectivity index (χ4n) is 13.9. The summed E-state index contributed by atoms with van der Waals surface area (Å²) in [5.74, 6) is 1.81. The quantitative estimate of drug-likeness (QED) is 0.122. The second-order valence-electron chi connectivity index (χ2n) is 30.3. The second-order valence-corrected chi connectivity index (χ2v) is 30.3. The largest absolute Gasteiger partial charge is 0.310 e. The molecule has 0 unspecified atom stereocenters. The van der Waals surface area contributed by atoms with Crippen LogP contribution in [0.25, 0.3) is 100 Å². The van der Waals surface area contributed by atoms with Crippen molar-refractivity contribution in [2.45, 2.75) is 105 Å². The molecule has 0 spiro atoms. The van der Waals surface area contributed by atoms with Gasteiger partial charge in [0.1, 0.15) is 0 Å². The molecule has 0 radical (unpaired) electrons. The van der Waals surface area contributed by atoms with Gasteiger partial charge in [0.25, 0.3) is 0 Å². The molecule has 0 fully saturated rings. The lowest BCUT2D eigenvalue weighted by atomic mass is 9.79. The average Bonchev–Trinajstić information content (AvgIpc) is 1.58. The Morgan fingerprint density at radius 3 is 0.949 bits per heavy atom. The van der Waals surface area contributed by atoms with Gasteiger partial charge in [0.15, 0.2) is 17.5 Å². The smallest absolute Gasteiger partial charge is 0.166 e. The van der Waals surface area contributed by atoms with Crippen molar-refractivity contribution in [1.29, 1.82) is 0 Å². The molecule has 7 heteroatoms. The molecule has 0 amide bonds. The molecule has 3 aromatic heterocycles. The number of nitrogens with zero attached hydrogens (tertiary/aromatic N) is 7. The summed E-state index contributed by atoms with van der Waals surface area (Å²) in [4.78, 5) is 22.0. The molecule has 0 saturated heterocycles. The summed E-state index contributed by atoms with van der Waals surface area (Å²) < 4.78 is 4.89. The van der Waals surface area contributed by atoms with Crippen molar-refractivity contribution in [2.75, 3.05) is 9.80 Å². The van der Waals surface area contributed by atoms with Crippen LogP contribution in [-0.4, -0.2) is 24.1 Å². The van der Waals surface area contributed by atoms with Gasteiger partial charge in [-0.1, -0.05) is 229 Å². The molecule has 12 aromatic carbocycles. The summed E-state index contributed by atoms with van der Waals surface area (Å²) in [7, 11) is 0. The number of rotatable bonds is 12. The molecule has 15 rings (SSSR count). The Morgan fingerprint density at radius 1 is 0.235 bits per heavy atom. The maximum atomic E-state index is 5.83. The zero-order chi connectivity index (χ0) is 67.8. The van der Waals surface area contributed by atoms with E-state index in [-0.39, 0.29) is 21.7 Å². The molecule has 0 aliphatic carbocycles. The summed E-state index contributed by atoms with van der Waals surface area (Å²) in [5.41, 5.74) is 21.9. The van der Waals surface area contributed by atoms with Crippen molar-refractivity contribution in [3.05, 3.63) is 307 Å². The van der Waals surface area contributed by atoms with Crippen molar-refractivity contribution in [1.82, 2.24) is 24.1 Å². The minimum atomic E-state index is -0.162. The third-order valence-electron chi connectivity index (χ3n) is 19.3. The van der Waals surface area contributed by atoms with Gasteiger partial charge in [-0.3, -0.25) is 0 Å². The SMILES string of the molecule is CC(C)(C)c1cc(-c2nc(-c3cc(C(C)(C)C)cc(C(C)(C)C)c3)nc(-c3cc(-c4ccccc4-n4c5ccccc5c5cc(N(c6ccccc6)c6ccccc6)ccc54)ccc3-n3c4ccccc4c4cc(N(c5ccccc5)c5ccccc5)ccc43)n2)cc(C(C)(C)C)c1. The van der Waals surface area contributed by atoms with Crippen LogP contribution in [0, 0.1) is 0 Å². The average molecular weight is 1270 g/mol. The normalized spacial score (nSPS) is 12.3. The molecule has 3 heterocycles. The lowest BCUT2D eigenvalue weighted by molar-refractivity contribution is 0.568. The molecule has 0 saturated carbocycles. The van der Waals surface area contributed by atoms with Gasteiger partial charge in [0.05, 0.1) is 33.4 Å². The Kier molecular flexibility index (Phi) is 15.7. The van der Waals surface area contributed by atoms with Crippen molar-refractivity contribution < 1.29 is 0 Å². The summed E-state index contributed by atoms with van der Waals surface area (Å²) in [6, 6.07) is 104. The van der Waals surface area contributed by atoms with E-state index in [9.17, 15) is 0 Å². The number of aromatic nitrogens is 5. The zero-order valence-electron chi connectivity index (χ0n) is 58.3. The maximum absolute atomic E-state index is 5.83. The molecule has 7 nitrogen and oxygen atoms in total. The highest BCUT2D eigenvalue weighted by Crippen LogP contribution is 2.46. The van der Waals surface area contributed by atoms with Gasteiger partial charge in [-0.2, -0.15) is 0 Å². The minimum Gasteiger partial charge on any atom is -0.310 e. The van der Waals surface area contributed by atoms with Gasteiger partial charge >= 0.3 is 0 Å². The summed E-state index contributed by atoms with van der Waals surface area (Å²) in [5, 5.41) is 4.59. The molecule has 0 aliphatic heterocycles. The molecule has 0 aliphatic rings. The Morgan fingerprint density at radius 2 is 0.561 bits per heavy atom. The third-order valence-corrected chi connectivity index (χ3v) is 19.3. The fraction of sp³-hybridized carbons (Fsp3) is 0.176. The van der Waals surface area contributed by atoms with Crippen LogP contribution in [0.3, 0.4) is 0 Å². The van der Waals surface area contributed by atoms with Crippen LogP contribution in [0.4, 0.5) is 34.1 Å². The number of hydrogen-bond donors (Lipinski definition) is 0.